The van der Waals surface area contributed by atoms with Crippen molar-refractivity contribution in [2.45, 2.75) is 39.3 Å². The highest BCUT2D eigenvalue weighted by Crippen LogP contribution is 2.32. The zero-order valence-corrected chi connectivity index (χ0v) is 20.8. The molecule has 2 fully saturated rings. The van der Waals surface area contributed by atoms with Crippen LogP contribution in [0.5, 0.6) is 0 Å². The fourth-order valence-electron chi connectivity index (χ4n) is 5.16. The molecule has 0 saturated carbocycles. The normalized spacial score (nSPS) is 22.6. The molecule has 2 aromatic rings. The van der Waals surface area contributed by atoms with Gasteiger partial charge < -0.3 is 25.0 Å². The Morgan fingerprint density at radius 3 is 2.69 bits per heavy atom. The van der Waals surface area contributed by atoms with Crippen LogP contribution in [0.25, 0.3) is 11.4 Å². The van der Waals surface area contributed by atoms with Crippen LogP contribution in [0.4, 0.5) is 16.3 Å². The van der Waals surface area contributed by atoms with Crippen LogP contribution >= 0.6 is 0 Å². The molecule has 5 rings (SSSR count). The molecule has 1 aromatic carbocycles. The van der Waals surface area contributed by atoms with Gasteiger partial charge in [-0.1, -0.05) is 0 Å². The molecule has 2 saturated heterocycles. The number of rotatable bonds is 6. The second-order valence-electron chi connectivity index (χ2n) is 9.69. The van der Waals surface area contributed by atoms with Gasteiger partial charge in [-0.05, 0) is 56.9 Å². The molecule has 35 heavy (non-hydrogen) atoms. The molecule has 4 heterocycles. The van der Waals surface area contributed by atoms with Crippen LogP contribution in [-0.4, -0.2) is 79.5 Å². The number of anilines is 2. The Kier molecular flexibility index (Phi) is 7.46. The number of aromatic nitrogens is 2. The Morgan fingerprint density at radius 2 is 1.94 bits per heavy atom. The van der Waals surface area contributed by atoms with Gasteiger partial charge in [0.25, 0.3) is 0 Å². The summed E-state index contributed by atoms with van der Waals surface area (Å²) in [6, 6.07) is 7.82. The number of fused-ring (bicyclic) bond motifs is 1. The zero-order chi connectivity index (χ0) is 24.2. The van der Waals surface area contributed by atoms with Crippen LogP contribution in [0.2, 0.25) is 0 Å². The van der Waals surface area contributed by atoms with Crippen molar-refractivity contribution < 1.29 is 14.3 Å². The minimum Gasteiger partial charge on any atom is -0.381 e. The fourth-order valence-corrected chi connectivity index (χ4v) is 5.16. The van der Waals surface area contributed by atoms with Crippen LogP contribution in [0.15, 0.2) is 24.3 Å². The van der Waals surface area contributed by atoms with E-state index in [1.807, 2.05) is 31.2 Å². The van der Waals surface area contributed by atoms with Crippen molar-refractivity contribution in [1.82, 2.24) is 20.2 Å². The molecule has 0 spiro atoms. The molecular formula is C26H36N6O3. The van der Waals surface area contributed by atoms with Gasteiger partial charge in [0.15, 0.2) is 5.82 Å². The fraction of sp³-hybridized carbons (Fsp3) is 0.577. The summed E-state index contributed by atoms with van der Waals surface area (Å²) in [5, 5.41) is 5.60. The minimum atomic E-state index is -0.207. The van der Waals surface area contributed by atoms with E-state index in [2.05, 4.69) is 27.4 Å². The highest BCUT2D eigenvalue weighted by molar-refractivity contribution is 5.89. The quantitative estimate of drug-likeness (QED) is 0.657. The monoisotopic (exact) mass is 480 g/mol. The number of amides is 2. The van der Waals surface area contributed by atoms with E-state index in [1.54, 1.807) is 0 Å². The van der Waals surface area contributed by atoms with E-state index in [9.17, 15) is 4.79 Å². The summed E-state index contributed by atoms with van der Waals surface area (Å²) in [5.74, 6) is 2.39. The summed E-state index contributed by atoms with van der Waals surface area (Å²) in [7, 11) is 0. The number of hydrogen-bond acceptors (Lipinski definition) is 7. The maximum absolute atomic E-state index is 11.9. The zero-order valence-electron chi connectivity index (χ0n) is 20.8. The number of urea groups is 1. The Labute approximate surface area is 207 Å². The van der Waals surface area contributed by atoms with E-state index in [1.165, 1.54) is 5.56 Å². The van der Waals surface area contributed by atoms with Gasteiger partial charge >= 0.3 is 6.03 Å². The lowest BCUT2D eigenvalue weighted by Crippen LogP contribution is -2.45. The lowest BCUT2D eigenvalue weighted by molar-refractivity contribution is 0.0983. The largest absolute Gasteiger partial charge is 0.381 e. The first kappa shape index (κ1) is 24.0. The van der Waals surface area contributed by atoms with E-state index in [0.717, 1.165) is 80.8 Å². The number of hydrogen-bond donors (Lipinski definition) is 2. The van der Waals surface area contributed by atoms with Gasteiger partial charge in [0.05, 0.1) is 31.6 Å². The van der Waals surface area contributed by atoms with E-state index in [4.69, 9.17) is 19.4 Å². The number of nitrogens with zero attached hydrogens (tertiary/aromatic N) is 4. The highest BCUT2D eigenvalue weighted by Gasteiger charge is 2.30. The number of morpholine rings is 1. The third-order valence-electron chi connectivity index (χ3n) is 7.04. The molecule has 3 aliphatic heterocycles. The SMILES string of the molecule is CCNC(=O)Nc1ccc(-c2nc3c(c(N4CCOC[C@@H]4C)n2)CCN(C[C@@H]2CCOC2)C3)cc1. The standard InChI is InChI=1S/C26H36N6O3/c1-3-27-26(33)28-21-6-4-20(5-7-21)24-29-23-15-31(14-19-9-12-34-17-19)10-8-22(23)25(30-24)32-11-13-35-16-18(32)2/h4-7,18-19H,3,8-17H2,1-2H3,(H2,27,28,33)/t18-,19-/m0/s1. The predicted molar refractivity (Wildman–Crippen MR) is 136 cm³/mol. The maximum atomic E-state index is 11.9. The molecule has 1 aromatic heterocycles. The van der Waals surface area contributed by atoms with E-state index >= 15 is 0 Å². The molecule has 9 nitrogen and oxygen atoms in total. The van der Waals surface area contributed by atoms with E-state index < -0.39 is 0 Å². The van der Waals surface area contributed by atoms with E-state index in [-0.39, 0.29) is 12.1 Å². The van der Waals surface area contributed by atoms with Gasteiger partial charge in [-0.3, -0.25) is 4.90 Å². The first-order chi connectivity index (χ1) is 17.1. The summed E-state index contributed by atoms with van der Waals surface area (Å²) in [6.45, 7) is 11.6. The van der Waals surface area contributed by atoms with Crippen molar-refractivity contribution in [3.8, 4) is 11.4 Å². The Morgan fingerprint density at radius 1 is 1.11 bits per heavy atom. The highest BCUT2D eigenvalue weighted by atomic mass is 16.5. The minimum absolute atomic E-state index is 0.207. The Balaban J connectivity index is 1.43. The third kappa shape index (κ3) is 5.58. The van der Waals surface area contributed by atoms with Crippen LogP contribution in [0, 0.1) is 5.92 Å². The second kappa shape index (κ2) is 10.9. The molecule has 0 aliphatic carbocycles. The molecule has 2 atom stereocenters. The van der Waals surface area contributed by atoms with Gasteiger partial charge in [-0.2, -0.15) is 0 Å². The van der Waals surface area contributed by atoms with Crippen LogP contribution < -0.4 is 15.5 Å². The summed E-state index contributed by atoms with van der Waals surface area (Å²) in [4.78, 5) is 26.9. The summed E-state index contributed by atoms with van der Waals surface area (Å²) in [6.07, 6.45) is 2.10. The average molecular weight is 481 g/mol. The molecule has 0 radical (unpaired) electrons. The van der Waals surface area contributed by atoms with Crippen molar-refractivity contribution >= 4 is 17.5 Å². The lowest BCUT2D eigenvalue weighted by atomic mass is 10.0. The Hall–Kier alpha value is -2.75. The summed E-state index contributed by atoms with van der Waals surface area (Å²) in [5.41, 5.74) is 4.08. The van der Waals surface area contributed by atoms with Crippen molar-refractivity contribution in [3.63, 3.8) is 0 Å². The topological polar surface area (TPSA) is 91.9 Å². The number of carbonyl (C=O) groups is 1. The average Bonchev–Trinajstić information content (AvgIpc) is 3.37. The van der Waals surface area contributed by atoms with E-state index in [0.29, 0.717) is 25.7 Å². The van der Waals surface area contributed by atoms with Gasteiger partial charge in [0.1, 0.15) is 5.82 Å². The van der Waals surface area contributed by atoms with Gasteiger partial charge in [-0.25, -0.2) is 14.8 Å². The van der Waals surface area contributed by atoms with Gasteiger partial charge in [0.2, 0.25) is 0 Å². The lowest BCUT2D eigenvalue weighted by Gasteiger charge is -2.38. The van der Waals surface area contributed by atoms with Crippen molar-refractivity contribution in [1.29, 1.82) is 0 Å². The molecule has 2 N–H and O–H groups in total. The Bertz CT molecular complexity index is 1020. The first-order valence-corrected chi connectivity index (χ1v) is 12.8. The molecule has 188 valence electrons. The van der Waals surface area contributed by atoms with Crippen LogP contribution in [-0.2, 0) is 22.4 Å². The van der Waals surface area contributed by atoms with Crippen molar-refractivity contribution in [3.05, 3.63) is 35.5 Å². The second-order valence-corrected chi connectivity index (χ2v) is 9.69. The number of ether oxygens (including phenoxy) is 2. The molecule has 3 aliphatic rings. The van der Waals surface area contributed by atoms with Crippen LogP contribution in [0.3, 0.4) is 0 Å². The molecule has 2 amide bonds. The maximum Gasteiger partial charge on any atom is 0.319 e. The number of carbonyl (C=O) groups excluding carboxylic acids is 1. The molecule has 9 heteroatoms. The summed E-state index contributed by atoms with van der Waals surface area (Å²) >= 11 is 0. The molecule has 0 unspecified atom stereocenters. The predicted octanol–water partition coefficient (Wildman–Crippen LogP) is 2.90. The summed E-state index contributed by atoms with van der Waals surface area (Å²) < 4.78 is 11.3. The smallest absolute Gasteiger partial charge is 0.319 e. The first-order valence-electron chi connectivity index (χ1n) is 12.8. The number of benzene rings is 1. The number of nitrogens with one attached hydrogen (secondary N) is 2. The van der Waals surface area contributed by atoms with Crippen LogP contribution in [0.1, 0.15) is 31.5 Å². The van der Waals surface area contributed by atoms with Gasteiger partial charge in [-0.15, -0.1) is 0 Å². The third-order valence-corrected chi connectivity index (χ3v) is 7.04. The van der Waals surface area contributed by atoms with Gasteiger partial charge in [0, 0.05) is 56.1 Å². The molecular weight excluding hydrogens is 444 g/mol. The van der Waals surface area contributed by atoms with Crippen molar-refractivity contribution in [2.24, 2.45) is 5.92 Å². The van der Waals surface area contributed by atoms with Crippen molar-refractivity contribution in [2.75, 3.05) is 62.8 Å². The molecule has 0 bridgehead atoms.